The van der Waals surface area contributed by atoms with E-state index in [4.69, 9.17) is 4.98 Å². The number of benzene rings is 1. The number of hydrogen-bond donors (Lipinski definition) is 0. The molecule has 0 spiro atoms. The van der Waals surface area contributed by atoms with Gasteiger partial charge in [-0.05, 0) is 31.0 Å². The van der Waals surface area contributed by atoms with Crippen LogP contribution in [0.2, 0.25) is 0 Å². The van der Waals surface area contributed by atoms with Gasteiger partial charge >= 0.3 is 0 Å². The second-order valence-corrected chi connectivity index (χ2v) is 5.42. The maximum atomic E-state index is 4.72. The molecule has 1 aromatic heterocycles. The second kappa shape index (κ2) is 6.25. The van der Waals surface area contributed by atoms with Crippen molar-refractivity contribution in [3.05, 3.63) is 24.3 Å². The Balaban J connectivity index is 2.41. The summed E-state index contributed by atoms with van der Waals surface area (Å²) in [5.41, 5.74) is 2.33. The minimum Gasteiger partial charge on any atom is -0.305 e. The van der Waals surface area contributed by atoms with E-state index in [-0.39, 0.29) is 0 Å². The lowest BCUT2D eigenvalue weighted by Gasteiger charge is -2.20. The number of rotatable bonds is 6. The van der Waals surface area contributed by atoms with Crippen LogP contribution in [0.15, 0.2) is 29.4 Å². The molecule has 4 heteroatoms. The average molecular weight is 263 g/mol. The molecule has 0 amide bonds. The molecule has 3 nitrogen and oxygen atoms in total. The Kier molecular flexibility index (Phi) is 4.66. The van der Waals surface area contributed by atoms with Crippen molar-refractivity contribution in [3.63, 3.8) is 0 Å². The van der Waals surface area contributed by atoms with E-state index in [1.807, 2.05) is 11.8 Å². The third-order valence-electron chi connectivity index (χ3n) is 3.13. The van der Waals surface area contributed by atoms with Crippen molar-refractivity contribution in [1.82, 2.24) is 14.5 Å². The minimum absolute atomic E-state index is 0.926. The van der Waals surface area contributed by atoms with Crippen LogP contribution in [0.4, 0.5) is 0 Å². The predicted molar refractivity (Wildman–Crippen MR) is 79.1 cm³/mol. The average Bonchev–Trinajstić information content (AvgIpc) is 2.74. The molecule has 1 aromatic carbocycles. The third kappa shape index (κ3) is 2.70. The minimum atomic E-state index is 0.926. The monoisotopic (exact) mass is 263 g/mol. The van der Waals surface area contributed by atoms with E-state index in [1.165, 1.54) is 5.52 Å². The molecular formula is C14H21N3S. The SMILES string of the molecule is CCSc1nc2ccccc2n1CN(CC)CC. The zero-order valence-corrected chi connectivity index (χ0v) is 12.2. The standard InChI is InChI=1S/C14H21N3S/c1-4-16(5-2)11-17-13-10-8-7-9-12(13)15-14(17)18-6-3/h7-10H,4-6,11H2,1-3H3. The molecule has 0 aliphatic carbocycles. The van der Waals surface area contributed by atoms with E-state index < -0.39 is 0 Å². The molecule has 0 unspecified atom stereocenters. The van der Waals surface area contributed by atoms with Crippen LogP contribution in [-0.4, -0.2) is 33.3 Å². The number of aromatic nitrogens is 2. The molecule has 1 heterocycles. The second-order valence-electron chi connectivity index (χ2n) is 4.19. The molecule has 0 saturated carbocycles. The Bertz CT molecular complexity index is 503. The van der Waals surface area contributed by atoms with Crippen molar-refractivity contribution in [2.45, 2.75) is 32.6 Å². The summed E-state index contributed by atoms with van der Waals surface area (Å²) in [6.07, 6.45) is 0. The third-order valence-corrected chi connectivity index (χ3v) is 3.99. The highest BCUT2D eigenvalue weighted by atomic mass is 32.2. The molecule has 0 N–H and O–H groups in total. The first kappa shape index (κ1) is 13.4. The van der Waals surface area contributed by atoms with Gasteiger partial charge in [0.05, 0.1) is 17.7 Å². The fourth-order valence-corrected chi connectivity index (χ4v) is 2.79. The molecule has 18 heavy (non-hydrogen) atoms. The summed E-state index contributed by atoms with van der Waals surface area (Å²) in [5.74, 6) is 1.06. The molecule has 0 fully saturated rings. The first-order chi connectivity index (χ1) is 8.80. The van der Waals surface area contributed by atoms with E-state index in [0.29, 0.717) is 0 Å². The summed E-state index contributed by atoms with van der Waals surface area (Å²) in [6.45, 7) is 9.64. The molecule has 0 atom stereocenters. The normalized spacial score (nSPS) is 11.6. The molecule has 2 aromatic rings. The summed E-state index contributed by atoms with van der Waals surface area (Å²) in [5, 5.41) is 1.13. The zero-order valence-electron chi connectivity index (χ0n) is 11.4. The van der Waals surface area contributed by atoms with E-state index >= 15 is 0 Å². The van der Waals surface area contributed by atoms with Gasteiger partial charge in [-0.25, -0.2) is 4.98 Å². The van der Waals surface area contributed by atoms with Crippen molar-refractivity contribution in [3.8, 4) is 0 Å². The van der Waals surface area contributed by atoms with Gasteiger partial charge in [0, 0.05) is 0 Å². The molecule has 0 bridgehead atoms. The van der Waals surface area contributed by atoms with E-state index in [1.54, 1.807) is 0 Å². The predicted octanol–water partition coefficient (Wildman–Crippen LogP) is 3.45. The van der Waals surface area contributed by atoms with Gasteiger partial charge < -0.3 is 4.57 Å². The highest BCUT2D eigenvalue weighted by Gasteiger charge is 2.11. The van der Waals surface area contributed by atoms with Crippen LogP contribution >= 0.6 is 11.8 Å². The first-order valence-electron chi connectivity index (χ1n) is 6.60. The fourth-order valence-electron chi connectivity index (χ4n) is 2.05. The lowest BCUT2D eigenvalue weighted by Crippen LogP contribution is -2.26. The quantitative estimate of drug-likeness (QED) is 0.745. The summed E-state index contributed by atoms with van der Waals surface area (Å²) >= 11 is 1.82. The maximum Gasteiger partial charge on any atom is 0.170 e. The molecule has 2 rings (SSSR count). The van der Waals surface area contributed by atoms with Crippen LogP contribution in [0.3, 0.4) is 0 Å². The Hall–Kier alpha value is -1.00. The van der Waals surface area contributed by atoms with Gasteiger partial charge in [0.1, 0.15) is 0 Å². The zero-order chi connectivity index (χ0) is 13.0. The molecule has 0 radical (unpaired) electrons. The van der Waals surface area contributed by atoms with E-state index in [0.717, 1.165) is 36.2 Å². The summed E-state index contributed by atoms with van der Waals surface area (Å²) in [4.78, 5) is 7.13. The lowest BCUT2D eigenvalue weighted by atomic mass is 10.3. The van der Waals surface area contributed by atoms with Gasteiger partial charge in [-0.3, -0.25) is 4.90 Å². The number of para-hydroxylation sites is 2. The maximum absolute atomic E-state index is 4.72. The number of hydrogen-bond acceptors (Lipinski definition) is 3. The van der Waals surface area contributed by atoms with Crippen molar-refractivity contribution >= 4 is 22.8 Å². The van der Waals surface area contributed by atoms with Crippen LogP contribution in [0.25, 0.3) is 11.0 Å². The highest BCUT2D eigenvalue weighted by Crippen LogP contribution is 2.24. The van der Waals surface area contributed by atoms with Crippen molar-refractivity contribution < 1.29 is 0 Å². The molecule has 0 aliphatic rings. The van der Waals surface area contributed by atoms with E-state index in [9.17, 15) is 0 Å². The van der Waals surface area contributed by atoms with Gasteiger partial charge in [0.15, 0.2) is 5.16 Å². The molecule has 0 saturated heterocycles. The topological polar surface area (TPSA) is 21.1 Å². The van der Waals surface area contributed by atoms with Crippen molar-refractivity contribution in [2.75, 3.05) is 18.8 Å². The summed E-state index contributed by atoms with van der Waals surface area (Å²) in [7, 11) is 0. The largest absolute Gasteiger partial charge is 0.305 e. The molecule has 98 valence electrons. The Morgan fingerprint density at radius 3 is 2.56 bits per heavy atom. The van der Waals surface area contributed by atoms with Crippen LogP contribution in [-0.2, 0) is 6.67 Å². The van der Waals surface area contributed by atoms with E-state index in [2.05, 4.69) is 54.5 Å². The van der Waals surface area contributed by atoms with Crippen molar-refractivity contribution in [2.24, 2.45) is 0 Å². The summed E-state index contributed by atoms with van der Waals surface area (Å²) < 4.78 is 2.33. The van der Waals surface area contributed by atoms with Gasteiger partial charge in [-0.2, -0.15) is 0 Å². The van der Waals surface area contributed by atoms with Gasteiger partial charge in [-0.15, -0.1) is 0 Å². The Morgan fingerprint density at radius 2 is 1.89 bits per heavy atom. The fraction of sp³-hybridized carbons (Fsp3) is 0.500. The number of fused-ring (bicyclic) bond motifs is 1. The van der Waals surface area contributed by atoms with Gasteiger partial charge in [0.25, 0.3) is 0 Å². The number of imidazole rings is 1. The molecule has 0 aliphatic heterocycles. The van der Waals surface area contributed by atoms with Gasteiger partial charge in [0.2, 0.25) is 0 Å². The molecular weight excluding hydrogens is 242 g/mol. The number of nitrogens with zero attached hydrogens (tertiary/aromatic N) is 3. The summed E-state index contributed by atoms with van der Waals surface area (Å²) in [6, 6.07) is 8.39. The van der Waals surface area contributed by atoms with Crippen LogP contribution in [0.1, 0.15) is 20.8 Å². The Labute approximate surface area is 113 Å². The highest BCUT2D eigenvalue weighted by molar-refractivity contribution is 7.99. The lowest BCUT2D eigenvalue weighted by molar-refractivity contribution is 0.237. The first-order valence-corrected chi connectivity index (χ1v) is 7.59. The van der Waals surface area contributed by atoms with Crippen LogP contribution in [0, 0.1) is 0 Å². The van der Waals surface area contributed by atoms with Crippen LogP contribution in [0.5, 0.6) is 0 Å². The van der Waals surface area contributed by atoms with Gasteiger partial charge in [-0.1, -0.05) is 44.7 Å². The Morgan fingerprint density at radius 1 is 1.17 bits per heavy atom. The number of thioether (sulfide) groups is 1. The smallest absolute Gasteiger partial charge is 0.170 e. The van der Waals surface area contributed by atoms with Crippen molar-refractivity contribution in [1.29, 1.82) is 0 Å². The van der Waals surface area contributed by atoms with Crippen LogP contribution < -0.4 is 0 Å².